The fraction of sp³-hybridized carbons (Fsp3) is 0.455. The van der Waals surface area contributed by atoms with Crippen molar-refractivity contribution >= 4 is 61.3 Å². The summed E-state index contributed by atoms with van der Waals surface area (Å²) in [4.78, 5) is 16.6. The first-order valence-electron chi connectivity index (χ1n) is 18.5. The van der Waals surface area contributed by atoms with E-state index in [0.717, 1.165) is 43.4 Å². The summed E-state index contributed by atoms with van der Waals surface area (Å²) in [5.41, 5.74) is 5.01. The summed E-state index contributed by atoms with van der Waals surface area (Å²) >= 11 is 1.94. The molecule has 3 aromatic carbocycles. The van der Waals surface area contributed by atoms with Crippen molar-refractivity contribution in [2.24, 2.45) is 17.8 Å². The van der Waals surface area contributed by atoms with Gasteiger partial charge >= 0.3 is 0 Å². The molecule has 5 aromatic rings. The minimum absolute atomic E-state index is 0. The fourth-order valence-electron chi connectivity index (χ4n) is 6.85. The van der Waals surface area contributed by atoms with E-state index >= 15 is 0 Å². The van der Waals surface area contributed by atoms with E-state index in [9.17, 15) is 9.90 Å². The van der Waals surface area contributed by atoms with E-state index in [2.05, 4.69) is 102 Å². The van der Waals surface area contributed by atoms with Gasteiger partial charge in [0.25, 0.3) is 0 Å². The standard InChI is InChI=1S/C31H34NSSi.C13H24O2.Ir/c1-19(2)14-21-15-27-25-12-13-32-29(31(25)33-30(27)28(16-21)34(5,6)7)23-17-22-10-8-9-11-24(22)26(18-23)20(3)4;1-5-10(6-2)12(14)9-13(15)11(7-3)8-4;/h8-13,15-16,18-20H,14H2,1-7H3;9-11,14H,5-8H2,1-4H3;/q-1;;/b;12-9-;. The number of aromatic nitrogens is 1. The Labute approximate surface area is 320 Å². The Morgan fingerprint density at radius 3 is 2.08 bits per heavy atom. The van der Waals surface area contributed by atoms with Crippen LogP contribution in [0.5, 0.6) is 0 Å². The Balaban J connectivity index is 0.000000361. The summed E-state index contributed by atoms with van der Waals surface area (Å²) in [6, 6.07) is 21.8. The first-order chi connectivity index (χ1) is 23.2. The van der Waals surface area contributed by atoms with Gasteiger partial charge < -0.3 is 5.11 Å². The van der Waals surface area contributed by atoms with Crippen molar-refractivity contribution in [1.82, 2.24) is 4.98 Å². The number of fused-ring (bicyclic) bond motifs is 4. The third-order valence-electron chi connectivity index (χ3n) is 9.77. The Hall–Kier alpha value is -2.63. The SMILES string of the molecule is CC(C)Cc1cc([Si](C)(C)C)c2sc3c(-c4[c-]c5ccccc5c(C(C)C)c4)nccc3c2c1.CCC(CC)C(=O)/C=C(\O)C(CC)CC.[Ir]. The van der Waals surface area contributed by atoms with E-state index in [4.69, 9.17) is 4.98 Å². The number of carbonyl (C=O) groups excluding carboxylic acids is 1. The number of allylic oxidation sites excluding steroid dienone is 2. The molecule has 0 spiro atoms. The Bertz CT molecular complexity index is 1930. The van der Waals surface area contributed by atoms with Crippen molar-refractivity contribution in [2.75, 3.05) is 0 Å². The largest absolute Gasteiger partial charge is 0.512 e. The molecule has 0 fully saturated rings. The minimum Gasteiger partial charge on any atom is -0.512 e. The number of thiophene rings is 1. The van der Waals surface area contributed by atoms with E-state index in [1.54, 1.807) is 5.19 Å². The first kappa shape index (κ1) is 41.8. The number of rotatable bonds is 12. The number of aliphatic hydroxyl groups excluding tert-OH is 1. The number of benzene rings is 3. The fourth-order valence-corrected chi connectivity index (χ4v) is 10.6. The molecule has 0 unspecified atom stereocenters. The Kier molecular flexibility index (Phi) is 15.2. The molecule has 1 radical (unpaired) electrons. The molecule has 0 bridgehead atoms. The van der Waals surface area contributed by atoms with Crippen molar-refractivity contribution in [3.8, 4) is 11.3 Å². The van der Waals surface area contributed by atoms with Crippen LogP contribution in [-0.2, 0) is 31.3 Å². The molecule has 6 heteroatoms. The smallest absolute Gasteiger partial charge is 0.162 e. The summed E-state index contributed by atoms with van der Waals surface area (Å²) in [6.07, 6.45) is 8.02. The topological polar surface area (TPSA) is 50.2 Å². The molecule has 50 heavy (non-hydrogen) atoms. The summed E-state index contributed by atoms with van der Waals surface area (Å²) in [6.45, 7) is 24.7. The number of hydrogen-bond donors (Lipinski definition) is 1. The molecule has 0 aliphatic rings. The molecule has 0 saturated heterocycles. The number of pyridine rings is 1. The van der Waals surface area contributed by atoms with Crippen molar-refractivity contribution in [1.29, 1.82) is 0 Å². The van der Waals surface area contributed by atoms with Gasteiger partial charge in [-0.2, -0.15) is 0 Å². The average molecular weight is 885 g/mol. The van der Waals surface area contributed by atoms with Crippen molar-refractivity contribution in [2.45, 2.75) is 113 Å². The molecule has 0 aliphatic carbocycles. The van der Waals surface area contributed by atoms with Crippen LogP contribution < -0.4 is 5.19 Å². The van der Waals surface area contributed by atoms with Crippen LogP contribution >= 0.6 is 11.3 Å². The van der Waals surface area contributed by atoms with Gasteiger partial charge in [0.2, 0.25) is 0 Å². The van der Waals surface area contributed by atoms with Crippen molar-refractivity contribution < 1.29 is 30.0 Å². The van der Waals surface area contributed by atoms with E-state index in [1.807, 2.05) is 45.2 Å². The molecular formula is C44H58IrNO2SSi-. The van der Waals surface area contributed by atoms with Gasteiger partial charge in [-0.3, -0.25) is 9.78 Å². The quantitative estimate of drug-likeness (QED) is 0.0588. The van der Waals surface area contributed by atoms with Gasteiger partial charge in [0.15, 0.2) is 5.78 Å². The van der Waals surface area contributed by atoms with Crippen LogP contribution in [0, 0.1) is 23.8 Å². The summed E-state index contributed by atoms with van der Waals surface area (Å²) in [5, 5.41) is 16.6. The molecule has 0 aliphatic heterocycles. The zero-order valence-corrected chi connectivity index (χ0v) is 36.4. The number of carbonyl (C=O) groups is 1. The third-order valence-corrected chi connectivity index (χ3v) is 13.2. The number of aliphatic hydroxyl groups is 1. The van der Waals surface area contributed by atoms with Crippen LogP contribution in [0.25, 0.3) is 42.2 Å². The summed E-state index contributed by atoms with van der Waals surface area (Å²) in [5.74, 6) is 1.64. The first-order valence-corrected chi connectivity index (χ1v) is 22.8. The summed E-state index contributed by atoms with van der Waals surface area (Å²) < 4.78 is 2.75. The number of nitrogens with zero attached hydrogens (tertiary/aromatic N) is 1. The van der Waals surface area contributed by atoms with Crippen LogP contribution in [0.2, 0.25) is 19.6 Å². The molecule has 1 N–H and O–H groups in total. The monoisotopic (exact) mass is 885 g/mol. The number of hydrogen-bond acceptors (Lipinski definition) is 4. The Morgan fingerprint density at radius 2 is 1.50 bits per heavy atom. The van der Waals surface area contributed by atoms with Crippen LogP contribution in [0.1, 0.15) is 98.1 Å². The molecule has 0 atom stereocenters. The van der Waals surface area contributed by atoms with E-state index < -0.39 is 8.07 Å². The maximum Gasteiger partial charge on any atom is 0.162 e. The molecule has 2 heterocycles. The van der Waals surface area contributed by atoms with Crippen LogP contribution in [-0.4, -0.2) is 23.9 Å². The normalized spacial score (nSPS) is 12.3. The molecule has 0 saturated carbocycles. The van der Waals surface area contributed by atoms with Gasteiger partial charge in [-0.1, -0.05) is 110 Å². The predicted octanol–water partition coefficient (Wildman–Crippen LogP) is 12.8. The van der Waals surface area contributed by atoms with Crippen molar-refractivity contribution in [3.63, 3.8) is 0 Å². The number of ketones is 1. The summed E-state index contributed by atoms with van der Waals surface area (Å²) in [7, 11) is -1.52. The molecule has 3 nitrogen and oxygen atoms in total. The Morgan fingerprint density at radius 1 is 0.860 bits per heavy atom. The second-order valence-corrected chi connectivity index (χ2v) is 21.4. The van der Waals surface area contributed by atoms with Gasteiger partial charge in [-0.05, 0) is 77.6 Å². The van der Waals surface area contributed by atoms with Crippen LogP contribution in [0.4, 0.5) is 0 Å². The van der Waals surface area contributed by atoms with Crippen molar-refractivity contribution in [3.05, 3.63) is 83.8 Å². The van der Waals surface area contributed by atoms with Gasteiger partial charge in [-0.25, -0.2) is 0 Å². The zero-order valence-electron chi connectivity index (χ0n) is 32.2. The molecule has 271 valence electrons. The minimum atomic E-state index is -1.52. The molecule has 0 amide bonds. The van der Waals surface area contributed by atoms with Gasteiger partial charge in [0.1, 0.15) is 0 Å². The maximum absolute atomic E-state index is 11.7. The molecule has 2 aromatic heterocycles. The predicted molar refractivity (Wildman–Crippen MR) is 218 cm³/mol. The third kappa shape index (κ3) is 9.62. The molecule has 5 rings (SSSR count). The molecular weight excluding hydrogens is 827 g/mol. The average Bonchev–Trinajstić information content (AvgIpc) is 3.43. The van der Waals surface area contributed by atoms with E-state index in [1.165, 1.54) is 48.1 Å². The maximum atomic E-state index is 11.7. The second kappa shape index (κ2) is 18.2. The van der Waals surface area contributed by atoms with E-state index in [-0.39, 0.29) is 43.5 Å². The second-order valence-electron chi connectivity index (χ2n) is 15.3. The van der Waals surface area contributed by atoms with E-state index in [0.29, 0.717) is 11.8 Å². The van der Waals surface area contributed by atoms with Crippen LogP contribution in [0.3, 0.4) is 0 Å². The zero-order chi connectivity index (χ0) is 36.0. The van der Waals surface area contributed by atoms with Crippen LogP contribution in [0.15, 0.2) is 66.6 Å². The van der Waals surface area contributed by atoms with Gasteiger partial charge in [-0.15, -0.1) is 40.5 Å². The van der Waals surface area contributed by atoms with Gasteiger partial charge in [0.05, 0.1) is 13.8 Å². The van der Waals surface area contributed by atoms with Gasteiger partial charge in [0, 0.05) is 59.3 Å².